The first kappa shape index (κ1) is 19.0. The first-order valence-electron chi connectivity index (χ1n) is 10.4. The number of carbonyl (C=O) groups excluding carboxylic acids is 1. The third kappa shape index (κ3) is 4.56. The number of hydrogen-bond donors (Lipinski definition) is 1. The molecule has 0 aromatic heterocycles. The maximum absolute atomic E-state index is 12.5. The number of hydrogen-bond acceptors (Lipinski definition) is 3. The van der Waals surface area contributed by atoms with E-state index in [1.165, 1.54) is 18.4 Å². The molecular formula is C24H30N2O2. The molecule has 1 spiro atoms. The minimum atomic E-state index is 0.222. The summed E-state index contributed by atoms with van der Waals surface area (Å²) in [4.78, 5) is 17.1. The fourth-order valence-corrected chi connectivity index (χ4v) is 4.91. The van der Waals surface area contributed by atoms with Gasteiger partial charge in [-0.25, -0.2) is 0 Å². The Morgan fingerprint density at radius 3 is 2.61 bits per heavy atom. The van der Waals surface area contributed by atoms with E-state index in [1.54, 1.807) is 6.07 Å². The molecule has 4 heteroatoms. The zero-order valence-electron chi connectivity index (χ0n) is 16.5. The minimum absolute atomic E-state index is 0.222. The molecule has 0 unspecified atom stereocenters. The van der Waals surface area contributed by atoms with Gasteiger partial charge in [-0.05, 0) is 55.5 Å². The summed E-state index contributed by atoms with van der Waals surface area (Å²) in [5, 5.41) is 9.74. The molecule has 2 aliphatic rings. The number of phenols is 1. The van der Waals surface area contributed by atoms with Crippen molar-refractivity contribution in [2.24, 2.45) is 5.41 Å². The molecule has 2 aromatic rings. The average Bonchev–Trinajstić information content (AvgIpc) is 2.70. The van der Waals surface area contributed by atoms with Crippen LogP contribution in [0.4, 0.5) is 0 Å². The molecule has 1 N–H and O–H groups in total. The smallest absolute Gasteiger partial charge is 0.222 e. The Morgan fingerprint density at radius 2 is 1.79 bits per heavy atom. The van der Waals surface area contributed by atoms with Crippen LogP contribution in [0.2, 0.25) is 0 Å². The van der Waals surface area contributed by atoms with E-state index in [0.717, 1.165) is 51.1 Å². The van der Waals surface area contributed by atoms with Gasteiger partial charge in [0, 0.05) is 38.0 Å². The number of rotatable bonds is 5. The maximum atomic E-state index is 12.5. The highest BCUT2D eigenvalue weighted by molar-refractivity contribution is 5.77. The molecule has 4 nitrogen and oxygen atoms in total. The molecule has 28 heavy (non-hydrogen) atoms. The van der Waals surface area contributed by atoms with Gasteiger partial charge in [-0.1, -0.05) is 42.5 Å². The number of amides is 1. The summed E-state index contributed by atoms with van der Waals surface area (Å²) in [6.07, 6.45) is 4.99. The Balaban J connectivity index is 1.39. The highest BCUT2D eigenvalue weighted by Crippen LogP contribution is 2.39. The van der Waals surface area contributed by atoms with Crippen LogP contribution in [0.3, 0.4) is 0 Å². The molecule has 2 fully saturated rings. The molecule has 0 saturated carbocycles. The van der Waals surface area contributed by atoms with Crippen molar-refractivity contribution in [1.29, 1.82) is 0 Å². The van der Waals surface area contributed by atoms with Gasteiger partial charge in [0.1, 0.15) is 5.75 Å². The molecule has 0 bridgehead atoms. The second kappa shape index (κ2) is 8.36. The highest BCUT2D eigenvalue weighted by atomic mass is 16.3. The van der Waals surface area contributed by atoms with Crippen molar-refractivity contribution in [3.63, 3.8) is 0 Å². The first-order valence-corrected chi connectivity index (χ1v) is 10.4. The van der Waals surface area contributed by atoms with Gasteiger partial charge in [0.2, 0.25) is 5.91 Å². The van der Waals surface area contributed by atoms with Crippen molar-refractivity contribution < 1.29 is 9.90 Å². The lowest BCUT2D eigenvalue weighted by atomic mass is 9.73. The largest absolute Gasteiger partial charge is 0.508 e. The van der Waals surface area contributed by atoms with Crippen LogP contribution in [-0.4, -0.2) is 47.0 Å². The van der Waals surface area contributed by atoms with Gasteiger partial charge in [0.25, 0.3) is 0 Å². The van der Waals surface area contributed by atoms with Crippen LogP contribution in [0.25, 0.3) is 0 Å². The average molecular weight is 379 g/mol. The molecule has 2 aliphatic heterocycles. The van der Waals surface area contributed by atoms with E-state index in [0.29, 0.717) is 18.1 Å². The summed E-state index contributed by atoms with van der Waals surface area (Å²) < 4.78 is 0. The number of carbonyl (C=O) groups is 1. The third-order valence-corrected chi connectivity index (χ3v) is 6.32. The van der Waals surface area contributed by atoms with Crippen LogP contribution in [0.15, 0.2) is 54.6 Å². The molecule has 4 rings (SSSR count). The van der Waals surface area contributed by atoms with Crippen LogP contribution < -0.4 is 0 Å². The zero-order valence-corrected chi connectivity index (χ0v) is 16.5. The molecule has 0 radical (unpaired) electrons. The summed E-state index contributed by atoms with van der Waals surface area (Å²) in [7, 11) is 0. The summed E-state index contributed by atoms with van der Waals surface area (Å²) in [6, 6.07) is 18.0. The van der Waals surface area contributed by atoms with Gasteiger partial charge >= 0.3 is 0 Å². The van der Waals surface area contributed by atoms with Crippen LogP contribution in [0.1, 0.15) is 36.8 Å². The molecular weight excluding hydrogens is 348 g/mol. The Hall–Kier alpha value is -2.33. The van der Waals surface area contributed by atoms with Crippen molar-refractivity contribution in [1.82, 2.24) is 9.80 Å². The fraction of sp³-hybridized carbons (Fsp3) is 0.458. The van der Waals surface area contributed by atoms with Crippen LogP contribution >= 0.6 is 0 Å². The fourth-order valence-electron chi connectivity index (χ4n) is 4.91. The number of aromatic hydroxyl groups is 1. The Kier molecular flexibility index (Phi) is 5.67. The highest BCUT2D eigenvalue weighted by Gasteiger charge is 2.41. The molecule has 2 heterocycles. The third-order valence-electron chi connectivity index (χ3n) is 6.32. The first-order chi connectivity index (χ1) is 13.6. The number of likely N-dealkylation sites (tertiary alicyclic amines) is 2. The zero-order chi connectivity index (χ0) is 19.4. The monoisotopic (exact) mass is 378 g/mol. The lowest BCUT2D eigenvalue weighted by molar-refractivity contribution is -0.139. The van der Waals surface area contributed by atoms with Gasteiger partial charge in [-0.3, -0.25) is 9.69 Å². The van der Waals surface area contributed by atoms with E-state index in [9.17, 15) is 9.90 Å². The van der Waals surface area contributed by atoms with Crippen LogP contribution in [0.5, 0.6) is 5.75 Å². The Morgan fingerprint density at radius 1 is 0.964 bits per heavy atom. The second-order valence-electron chi connectivity index (χ2n) is 8.54. The molecule has 2 aromatic carbocycles. The topological polar surface area (TPSA) is 43.8 Å². The van der Waals surface area contributed by atoms with Crippen molar-refractivity contribution in [2.75, 3.05) is 26.2 Å². The predicted octanol–water partition coefficient (Wildman–Crippen LogP) is 3.84. The Bertz CT molecular complexity index is 807. The standard InChI is InChI=1S/C24H30N2O2/c27-22-9-4-8-21(16-22)17-25-14-5-12-24(18-25)13-10-23(28)26(19-24)15-11-20-6-2-1-3-7-20/h1-4,6-9,16,27H,5,10-15,17-19H2/t24-/m0/s1. The summed E-state index contributed by atoms with van der Waals surface area (Å²) in [5.41, 5.74) is 2.67. The van der Waals surface area contributed by atoms with Crippen LogP contribution in [-0.2, 0) is 17.8 Å². The van der Waals surface area contributed by atoms with E-state index in [1.807, 2.05) is 18.2 Å². The van der Waals surface area contributed by atoms with Crippen molar-refractivity contribution in [2.45, 2.75) is 38.6 Å². The van der Waals surface area contributed by atoms with Gasteiger partial charge < -0.3 is 10.0 Å². The second-order valence-corrected chi connectivity index (χ2v) is 8.54. The van der Waals surface area contributed by atoms with Gasteiger partial charge in [-0.15, -0.1) is 0 Å². The van der Waals surface area contributed by atoms with E-state index in [4.69, 9.17) is 0 Å². The maximum Gasteiger partial charge on any atom is 0.222 e. The number of nitrogens with zero attached hydrogens (tertiary/aromatic N) is 2. The summed E-state index contributed by atoms with van der Waals surface area (Å²) in [5.74, 6) is 0.645. The lowest BCUT2D eigenvalue weighted by Crippen LogP contribution is -2.54. The van der Waals surface area contributed by atoms with Crippen molar-refractivity contribution in [3.8, 4) is 5.75 Å². The summed E-state index contributed by atoms with van der Waals surface area (Å²) in [6.45, 7) is 4.70. The van der Waals surface area contributed by atoms with E-state index >= 15 is 0 Å². The van der Waals surface area contributed by atoms with E-state index < -0.39 is 0 Å². The summed E-state index contributed by atoms with van der Waals surface area (Å²) >= 11 is 0. The number of phenolic OH excluding ortho intramolecular Hbond substituents is 1. The lowest BCUT2D eigenvalue weighted by Gasteiger charge is -2.48. The molecule has 2 saturated heterocycles. The van der Waals surface area contributed by atoms with Gasteiger partial charge in [0.05, 0.1) is 0 Å². The van der Waals surface area contributed by atoms with Gasteiger partial charge in [-0.2, -0.15) is 0 Å². The SMILES string of the molecule is O=C1CC[C@]2(CCCN(Cc3cccc(O)c3)C2)CN1CCc1ccccc1. The molecule has 148 valence electrons. The number of benzene rings is 2. The molecule has 1 amide bonds. The Labute approximate surface area is 167 Å². The van der Waals surface area contributed by atoms with E-state index in [-0.39, 0.29) is 5.41 Å². The normalized spacial score (nSPS) is 23.3. The minimum Gasteiger partial charge on any atom is -0.508 e. The van der Waals surface area contributed by atoms with E-state index in [2.05, 4.69) is 40.1 Å². The number of piperidine rings is 2. The molecule has 1 atom stereocenters. The van der Waals surface area contributed by atoms with Crippen molar-refractivity contribution >= 4 is 5.91 Å². The van der Waals surface area contributed by atoms with Crippen LogP contribution in [0, 0.1) is 5.41 Å². The van der Waals surface area contributed by atoms with Crippen molar-refractivity contribution in [3.05, 3.63) is 65.7 Å². The quantitative estimate of drug-likeness (QED) is 0.860. The predicted molar refractivity (Wildman–Crippen MR) is 111 cm³/mol. The molecule has 0 aliphatic carbocycles. The van der Waals surface area contributed by atoms with Gasteiger partial charge in [0.15, 0.2) is 0 Å².